The van der Waals surface area contributed by atoms with E-state index in [1.54, 1.807) is 24.3 Å². The Morgan fingerprint density at radius 1 is 1.05 bits per heavy atom. The van der Waals surface area contributed by atoms with Gasteiger partial charge in [-0.3, -0.25) is 4.79 Å². The number of amides is 1. The highest BCUT2D eigenvalue weighted by Crippen LogP contribution is 2.26. The van der Waals surface area contributed by atoms with Gasteiger partial charge in [0.25, 0.3) is 0 Å². The highest BCUT2D eigenvalue weighted by molar-refractivity contribution is 5.87. The molecule has 0 unspecified atom stereocenters. The van der Waals surface area contributed by atoms with E-state index in [0.29, 0.717) is 12.8 Å². The fourth-order valence-corrected chi connectivity index (χ4v) is 2.88. The first-order chi connectivity index (χ1) is 9.98. The van der Waals surface area contributed by atoms with Crippen LogP contribution in [0.1, 0.15) is 63.4 Å². The molecule has 1 rings (SSSR count). The minimum Gasteiger partial charge on any atom is -0.478 e. The SMILES string of the molecule is CC(C)(C)CC(C)(C)NC(=O)CCc1ccc(C(=O)O)cc1. The van der Waals surface area contributed by atoms with Crippen LogP contribution in [0.5, 0.6) is 0 Å². The zero-order valence-corrected chi connectivity index (χ0v) is 14.2. The molecule has 1 aromatic rings. The van der Waals surface area contributed by atoms with E-state index in [1.807, 2.05) is 13.8 Å². The van der Waals surface area contributed by atoms with E-state index in [1.165, 1.54) is 0 Å². The second-order valence-corrected chi connectivity index (χ2v) is 7.67. The largest absolute Gasteiger partial charge is 0.478 e. The standard InChI is InChI=1S/C18H27NO3/c1-17(2,3)12-18(4,5)19-15(20)11-8-13-6-9-14(10-7-13)16(21)22/h6-7,9-10H,8,11-12H2,1-5H3,(H,19,20)(H,21,22). The first kappa shape index (κ1) is 18.2. The highest BCUT2D eigenvalue weighted by atomic mass is 16.4. The van der Waals surface area contributed by atoms with Crippen molar-refractivity contribution in [2.45, 2.75) is 59.4 Å². The number of carbonyl (C=O) groups is 2. The monoisotopic (exact) mass is 305 g/mol. The van der Waals surface area contributed by atoms with Gasteiger partial charge in [0.05, 0.1) is 5.56 Å². The maximum atomic E-state index is 12.1. The Balaban J connectivity index is 2.50. The van der Waals surface area contributed by atoms with Crippen molar-refractivity contribution in [3.63, 3.8) is 0 Å². The molecule has 0 aliphatic heterocycles. The molecular formula is C18H27NO3. The lowest BCUT2D eigenvalue weighted by atomic mass is 9.81. The average Bonchev–Trinajstić information content (AvgIpc) is 2.33. The van der Waals surface area contributed by atoms with E-state index in [-0.39, 0.29) is 22.4 Å². The fourth-order valence-electron chi connectivity index (χ4n) is 2.88. The summed E-state index contributed by atoms with van der Waals surface area (Å²) < 4.78 is 0. The van der Waals surface area contributed by atoms with Gasteiger partial charge in [-0.2, -0.15) is 0 Å². The van der Waals surface area contributed by atoms with Crippen molar-refractivity contribution in [2.24, 2.45) is 5.41 Å². The third-order valence-electron chi connectivity index (χ3n) is 3.29. The molecule has 1 amide bonds. The zero-order valence-electron chi connectivity index (χ0n) is 14.2. The zero-order chi connectivity index (χ0) is 17.0. The number of benzene rings is 1. The molecule has 22 heavy (non-hydrogen) atoms. The third-order valence-corrected chi connectivity index (χ3v) is 3.29. The van der Waals surface area contributed by atoms with Crippen molar-refractivity contribution < 1.29 is 14.7 Å². The van der Waals surface area contributed by atoms with Gasteiger partial charge in [0.2, 0.25) is 5.91 Å². The third kappa shape index (κ3) is 6.74. The summed E-state index contributed by atoms with van der Waals surface area (Å²) in [6.07, 6.45) is 1.91. The molecule has 4 nitrogen and oxygen atoms in total. The van der Waals surface area contributed by atoms with Gasteiger partial charge in [0, 0.05) is 12.0 Å². The molecule has 2 N–H and O–H groups in total. The quantitative estimate of drug-likeness (QED) is 0.843. The van der Waals surface area contributed by atoms with Gasteiger partial charge in [-0.15, -0.1) is 0 Å². The van der Waals surface area contributed by atoms with Crippen LogP contribution in [0.3, 0.4) is 0 Å². The van der Waals surface area contributed by atoms with Crippen molar-refractivity contribution in [3.05, 3.63) is 35.4 Å². The van der Waals surface area contributed by atoms with Gasteiger partial charge in [-0.05, 0) is 49.8 Å². The topological polar surface area (TPSA) is 66.4 Å². The highest BCUT2D eigenvalue weighted by Gasteiger charge is 2.26. The number of hydrogen-bond acceptors (Lipinski definition) is 2. The van der Waals surface area contributed by atoms with Crippen LogP contribution >= 0.6 is 0 Å². The lowest BCUT2D eigenvalue weighted by Crippen LogP contribution is -2.45. The van der Waals surface area contributed by atoms with Crippen LogP contribution in [0.4, 0.5) is 0 Å². The van der Waals surface area contributed by atoms with Crippen LogP contribution in [0.25, 0.3) is 0 Å². The molecule has 0 heterocycles. The molecular weight excluding hydrogens is 278 g/mol. The Bertz CT molecular complexity index is 524. The molecule has 0 aliphatic carbocycles. The first-order valence-electron chi connectivity index (χ1n) is 7.62. The van der Waals surface area contributed by atoms with Crippen LogP contribution < -0.4 is 5.32 Å². The molecule has 0 radical (unpaired) electrons. The molecule has 0 saturated heterocycles. The molecule has 0 saturated carbocycles. The van der Waals surface area contributed by atoms with Crippen molar-refractivity contribution in [3.8, 4) is 0 Å². The number of aryl methyl sites for hydroxylation is 1. The van der Waals surface area contributed by atoms with E-state index in [0.717, 1.165) is 12.0 Å². The van der Waals surface area contributed by atoms with Crippen LogP contribution in [0.15, 0.2) is 24.3 Å². The maximum Gasteiger partial charge on any atom is 0.335 e. The van der Waals surface area contributed by atoms with Crippen molar-refractivity contribution >= 4 is 11.9 Å². The number of rotatable bonds is 6. The second-order valence-electron chi connectivity index (χ2n) is 7.67. The summed E-state index contributed by atoms with van der Waals surface area (Å²) in [5, 5.41) is 11.9. The van der Waals surface area contributed by atoms with Crippen molar-refractivity contribution in [2.75, 3.05) is 0 Å². The van der Waals surface area contributed by atoms with Crippen molar-refractivity contribution in [1.82, 2.24) is 5.32 Å². The summed E-state index contributed by atoms with van der Waals surface area (Å²) in [4.78, 5) is 22.9. The number of carboxylic acid groups (broad SMARTS) is 1. The van der Waals surface area contributed by atoms with E-state index in [4.69, 9.17) is 5.11 Å². The summed E-state index contributed by atoms with van der Waals surface area (Å²) in [5.41, 5.74) is 1.15. The van der Waals surface area contributed by atoms with E-state index >= 15 is 0 Å². The summed E-state index contributed by atoms with van der Waals surface area (Å²) in [6.45, 7) is 10.6. The number of nitrogens with one attached hydrogen (secondary N) is 1. The van der Waals surface area contributed by atoms with Gasteiger partial charge in [-0.1, -0.05) is 32.9 Å². The molecule has 4 heteroatoms. The number of carbonyl (C=O) groups excluding carboxylic acids is 1. The van der Waals surface area contributed by atoms with Gasteiger partial charge in [0.15, 0.2) is 0 Å². The molecule has 0 atom stereocenters. The minimum atomic E-state index is -0.937. The van der Waals surface area contributed by atoms with Crippen molar-refractivity contribution in [1.29, 1.82) is 0 Å². The lowest BCUT2D eigenvalue weighted by molar-refractivity contribution is -0.122. The number of aromatic carboxylic acids is 1. The number of hydrogen-bond donors (Lipinski definition) is 2. The Labute approximate surface area is 132 Å². The van der Waals surface area contributed by atoms with Gasteiger partial charge >= 0.3 is 5.97 Å². The smallest absolute Gasteiger partial charge is 0.335 e. The summed E-state index contributed by atoms with van der Waals surface area (Å²) in [6, 6.07) is 6.66. The minimum absolute atomic E-state index is 0.0246. The normalized spacial score (nSPS) is 12.0. The molecule has 0 bridgehead atoms. The Morgan fingerprint density at radius 3 is 2.05 bits per heavy atom. The molecule has 0 fully saturated rings. The molecule has 0 aromatic heterocycles. The first-order valence-corrected chi connectivity index (χ1v) is 7.62. The maximum absolute atomic E-state index is 12.1. The van der Waals surface area contributed by atoms with Crippen LogP contribution in [0, 0.1) is 5.41 Å². The van der Waals surface area contributed by atoms with Crippen LogP contribution in [-0.2, 0) is 11.2 Å². The Hall–Kier alpha value is -1.84. The second kappa shape index (κ2) is 6.95. The summed E-state index contributed by atoms with van der Waals surface area (Å²) in [5.74, 6) is -0.912. The lowest BCUT2D eigenvalue weighted by Gasteiger charge is -2.33. The fraction of sp³-hybridized carbons (Fsp3) is 0.556. The van der Waals surface area contributed by atoms with Crippen LogP contribution in [-0.4, -0.2) is 22.5 Å². The molecule has 122 valence electrons. The van der Waals surface area contributed by atoms with E-state index < -0.39 is 5.97 Å². The van der Waals surface area contributed by atoms with E-state index in [2.05, 4.69) is 26.1 Å². The average molecular weight is 305 g/mol. The molecule has 0 aliphatic rings. The van der Waals surface area contributed by atoms with Gasteiger partial charge in [0.1, 0.15) is 0 Å². The summed E-state index contributed by atoms with van der Waals surface area (Å²) in [7, 11) is 0. The van der Waals surface area contributed by atoms with Crippen LogP contribution in [0.2, 0.25) is 0 Å². The molecule has 0 spiro atoms. The molecule has 1 aromatic carbocycles. The number of carboxylic acids is 1. The predicted octanol–water partition coefficient (Wildman–Crippen LogP) is 3.65. The van der Waals surface area contributed by atoms with Gasteiger partial charge < -0.3 is 10.4 Å². The van der Waals surface area contributed by atoms with E-state index in [9.17, 15) is 9.59 Å². The Kier molecular flexibility index (Phi) is 5.75. The summed E-state index contributed by atoms with van der Waals surface area (Å²) >= 11 is 0. The van der Waals surface area contributed by atoms with Gasteiger partial charge in [-0.25, -0.2) is 4.79 Å². The Morgan fingerprint density at radius 2 is 1.59 bits per heavy atom. The predicted molar refractivity (Wildman–Crippen MR) is 88.0 cm³/mol.